The van der Waals surface area contributed by atoms with Crippen molar-refractivity contribution < 1.29 is 18.7 Å². The van der Waals surface area contributed by atoms with Gasteiger partial charge in [0.2, 0.25) is 11.8 Å². The molecule has 0 aromatic heterocycles. The molecule has 0 saturated heterocycles. The largest absolute Gasteiger partial charge is 0.495 e. The van der Waals surface area contributed by atoms with Crippen LogP contribution >= 0.6 is 0 Å². The summed E-state index contributed by atoms with van der Waals surface area (Å²) in [6, 6.07) is 13.1. The van der Waals surface area contributed by atoms with Gasteiger partial charge in [-0.3, -0.25) is 9.59 Å². The van der Waals surface area contributed by atoms with Crippen LogP contribution in [0.2, 0.25) is 0 Å². The van der Waals surface area contributed by atoms with Crippen LogP contribution in [0, 0.1) is 17.7 Å². The van der Waals surface area contributed by atoms with Gasteiger partial charge in [0, 0.05) is 17.5 Å². The number of halogens is 1. The molecule has 1 fully saturated rings. The predicted molar refractivity (Wildman–Crippen MR) is 102 cm³/mol. The molecule has 1 saturated carbocycles. The van der Waals surface area contributed by atoms with Gasteiger partial charge in [-0.15, -0.1) is 0 Å². The highest BCUT2D eigenvalue weighted by Crippen LogP contribution is 2.32. The maximum atomic E-state index is 13.2. The van der Waals surface area contributed by atoms with Gasteiger partial charge >= 0.3 is 0 Å². The van der Waals surface area contributed by atoms with Crippen LogP contribution < -0.4 is 15.4 Å². The van der Waals surface area contributed by atoms with E-state index in [-0.39, 0.29) is 29.5 Å². The molecule has 2 aromatic carbocycles. The van der Waals surface area contributed by atoms with E-state index < -0.39 is 0 Å². The van der Waals surface area contributed by atoms with E-state index in [1.54, 1.807) is 31.4 Å². The Labute approximate surface area is 157 Å². The van der Waals surface area contributed by atoms with Crippen LogP contribution in [-0.2, 0) is 9.59 Å². The third-order valence-corrected chi connectivity index (χ3v) is 4.93. The molecule has 2 N–H and O–H groups in total. The average molecular weight is 370 g/mol. The van der Waals surface area contributed by atoms with Crippen molar-refractivity contribution in [2.24, 2.45) is 11.8 Å². The van der Waals surface area contributed by atoms with Gasteiger partial charge < -0.3 is 15.4 Å². The summed E-state index contributed by atoms with van der Waals surface area (Å²) in [4.78, 5) is 24.9. The maximum Gasteiger partial charge on any atom is 0.227 e. The number of rotatable bonds is 5. The lowest BCUT2D eigenvalue weighted by Gasteiger charge is -2.27. The summed E-state index contributed by atoms with van der Waals surface area (Å²) in [5.74, 6) is -0.233. The van der Waals surface area contributed by atoms with Gasteiger partial charge in [-0.25, -0.2) is 4.39 Å². The fraction of sp³-hybridized carbons (Fsp3) is 0.333. The van der Waals surface area contributed by atoms with E-state index in [1.165, 1.54) is 12.1 Å². The van der Waals surface area contributed by atoms with E-state index in [9.17, 15) is 14.0 Å². The first-order valence-electron chi connectivity index (χ1n) is 9.07. The summed E-state index contributed by atoms with van der Waals surface area (Å²) >= 11 is 0. The van der Waals surface area contributed by atoms with Crippen LogP contribution in [0.15, 0.2) is 48.5 Å². The standard InChI is InChI=1S/C21H23FN2O3/c1-27-19-8-3-2-7-18(19)24-21(26)15-11-9-14(10-12-15)20(25)23-17-6-4-5-16(22)13-17/h2-8,13-15H,9-12H2,1H3,(H,23,25)(H,24,26). The molecule has 3 rings (SSSR count). The quantitative estimate of drug-likeness (QED) is 0.828. The molecule has 0 atom stereocenters. The summed E-state index contributed by atoms with van der Waals surface area (Å²) in [6.07, 6.45) is 2.54. The van der Waals surface area contributed by atoms with Crippen LogP contribution in [0.5, 0.6) is 5.75 Å². The Kier molecular flexibility index (Phi) is 6.06. The maximum absolute atomic E-state index is 13.2. The Morgan fingerprint density at radius 3 is 2.19 bits per heavy atom. The third kappa shape index (κ3) is 4.84. The molecule has 0 bridgehead atoms. The predicted octanol–water partition coefficient (Wildman–Crippen LogP) is 4.22. The number of para-hydroxylation sites is 2. The number of benzene rings is 2. The second kappa shape index (κ2) is 8.66. The number of carbonyl (C=O) groups excluding carboxylic acids is 2. The molecule has 27 heavy (non-hydrogen) atoms. The average Bonchev–Trinajstić information content (AvgIpc) is 2.68. The van der Waals surface area contributed by atoms with E-state index in [0.717, 1.165) is 0 Å². The molecule has 2 aromatic rings. The lowest BCUT2D eigenvalue weighted by molar-refractivity contribution is -0.125. The highest BCUT2D eigenvalue weighted by molar-refractivity contribution is 5.95. The number of amides is 2. The SMILES string of the molecule is COc1ccccc1NC(=O)C1CCC(C(=O)Nc2cccc(F)c2)CC1. The number of methoxy groups -OCH3 is 1. The van der Waals surface area contributed by atoms with Gasteiger partial charge in [0.05, 0.1) is 12.8 Å². The third-order valence-electron chi connectivity index (χ3n) is 4.93. The zero-order chi connectivity index (χ0) is 19.2. The van der Waals surface area contributed by atoms with Crippen LogP contribution in [0.25, 0.3) is 0 Å². The van der Waals surface area contributed by atoms with Crippen molar-refractivity contribution in [1.82, 2.24) is 0 Å². The monoisotopic (exact) mass is 370 g/mol. The molecule has 0 aliphatic heterocycles. The Balaban J connectivity index is 1.52. The zero-order valence-corrected chi connectivity index (χ0v) is 15.2. The first kappa shape index (κ1) is 18.9. The number of ether oxygens (including phenoxy) is 1. The van der Waals surface area contributed by atoms with Crippen LogP contribution in [0.1, 0.15) is 25.7 Å². The van der Waals surface area contributed by atoms with Gasteiger partial charge in [-0.05, 0) is 56.0 Å². The Morgan fingerprint density at radius 2 is 1.56 bits per heavy atom. The zero-order valence-electron chi connectivity index (χ0n) is 15.2. The molecule has 1 aliphatic carbocycles. The Bertz CT molecular complexity index is 817. The molecule has 1 aliphatic rings. The molecular formula is C21H23FN2O3. The first-order chi connectivity index (χ1) is 13.1. The van der Waals surface area contributed by atoms with Crippen molar-refractivity contribution in [2.45, 2.75) is 25.7 Å². The van der Waals surface area contributed by atoms with Gasteiger partial charge in [-0.1, -0.05) is 18.2 Å². The van der Waals surface area contributed by atoms with Crippen LogP contribution in [-0.4, -0.2) is 18.9 Å². The van der Waals surface area contributed by atoms with E-state index in [1.807, 2.05) is 12.1 Å². The topological polar surface area (TPSA) is 67.4 Å². The summed E-state index contributed by atoms with van der Waals surface area (Å²) < 4.78 is 18.5. The minimum absolute atomic E-state index is 0.0523. The highest BCUT2D eigenvalue weighted by Gasteiger charge is 2.30. The molecule has 0 spiro atoms. The second-order valence-corrected chi connectivity index (χ2v) is 6.74. The number of nitrogens with one attached hydrogen (secondary N) is 2. The molecule has 142 valence electrons. The van der Waals surface area contributed by atoms with Crippen molar-refractivity contribution >= 4 is 23.2 Å². The fourth-order valence-corrected chi connectivity index (χ4v) is 3.41. The number of carbonyl (C=O) groups is 2. The van der Waals surface area contributed by atoms with Gasteiger partial charge in [-0.2, -0.15) is 0 Å². The number of hydrogen-bond donors (Lipinski definition) is 2. The molecule has 0 heterocycles. The van der Waals surface area contributed by atoms with Crippen molar-refractivity contribution in [1.29, 1.82) is 0 Å². The summed E-state index contributed by atoms with van der Waals surface area (Å²) in [5, 5.41) is 5.67. The fourth-order valence-electron chi connectivity index (χ4n) is 3.41. The van der Waals surface area contributed by atoms with Crippen molar-refractivity contribution in [3.05, 3.63) is 54.3 Å². The molecule has 5 nitrogen and oxygen atoms in total. The van der Waals surface area contributed by atoms with E-state index >= 15 is 0 Å². The first-order valence-corrected chi connectivity index (χ1v) is 9.07. The van der Waals surface area contributed by atoms with Crippen LogP contribution in [0.4, 0.5) is 15.8 Å². The van der Waals surface area contributed by atoms with Crippen LogP contribution in [0.3, 0.4) is 0 Å². The molecule has 6 heteroatoms. The van der Waals surface area contributed by atoms with Crippen molar-refractivity contribution in [2.75, 3.05) is 17.7 Å². The Hall–Kier alpha value is -2.89. The highest BCUT2D eigenvalue weighted by atomic mass is 19.1. The van der Waals surface area contributed by atoms with Crippen molar-refractivity contribution in [3.63, 3.8) is 0 Å². The summed E-state index contributed by atoms with van der Waals surface area (Å²) in [6.45, 7) is 0. The minimum Gasteiger partial charge on any atom is -0.495 e. The van der Waals surface area contributed by atoms with Crippen molar-refractivity contribution in [3.8, 4) is 5.75 Å². The molecule has 0 radical (unpaired) electrons. The normalized spacial score (nSPS) is 19.2. The van der Waals surface area contributed by atoms with Gasteiger partial charge in [0.15, 0.2) is 0 Å². The number of hydrogen-bond acceptors (Lipinski definition) is 3. The second-order valence-electron chi connectivity index (χ2n) is 6.74. The number of anilines is 2. The van der Waals surface area contributed by atoms with E-state index in [2.05, 4.69) is 10.6 Å². The Morgan fingerprint density at radius 1 is 0.926 bits per heavy atom. The van der Waals surface area contributed by atoms with Gasteiger partial charge in [0.1, 0.15) is 11.6 Å². The lowest BCUT2D eigenvalue weighted by Crippen LogP contribution is -2.32. The lowest BCUT2D eigenvalue weighted by atomic mass is 9.81. The molecular weight excluding hydrogens is 347 g/mol. The summed E-state index contributed by atoms with van der Waals surface area (Å²) in [7, 11) is 1.56. The van der Waals surface area contributed by atoms with Gasteiger partial charge in [0.25, 0.3) is 0 Å². The van der Waals surface area contributed by atoms with E-state index in [0.29, 0.717) is 42.8 Å². The summed E-state index contributed by atoms with van der Waals surface area (Å²) in [5.41, 5.74) is 1.10. The smallest absolute Gasteiger partial charge is 0.227 e. The molecule has 0 unspecified atom stereocenters. The van der Waals surface area contributed by atoms with E-state index in [4.69, 9.17) is 4.74 Å². The molecule has 2 amide bonds. The minimum atomic E-state index is -0.385.